The molecule has 2 heterocycles. The standard InChI is InChI=1S/C11H16O5/c12-8(9-3-4-10(13)16-9)2-5-11-14-6-1-7-15-11/h9,11H,1-7H2/t9-/m1/s1. The molecule has 0 aromatic rings. The summed E-state index contributed by atoms with van der Waals surface area (Å²) in [6.07, 6.45) is 1.88. The van der Waals surface area contributed by atoms with Crippen LogP contribution < -0.4 is 0 Å². The first-order valence-corrected chi connectivity index (χ1v) is 5.71. The molecule has 0 saturated carbocycles. The molecule has 1 atom stereocenters. The third-order valence-electron chi connectivity index (χ3n) is 2.77. The van der Waals surface area contributed by atoms with Gasteiger partial charge in [-0.1, -0.05) is 0 Å². The van der Waals surface area contributed by atoms with Crippen molar-refractivity contribution >= 4 is 11.8 Å². The summed E-state index contributed by atoms with van der Waals surface area (Å²) in [5.41, 5.74) is 0. The Kier molecular flexibility index (Phi) is 3.90. The van der Waals surface area contributed by atoms with Gasteiger partial charge >= 0.3 is 5.97 Å². The first-order valence-electron chi connectivity index (χ1n) is 5.71. The van der Waals surface area contributed by atoms with Crippen LogP contribution >= 0.6 is 0 Å². The lowest BCUT2D eigenvalue weighted by atomic mass is 10.1. The summed E-state index contributed by atoms with van der Waals surface area (Å²) >= 11 is 0. The van der Waals surface area contributed by atoms with E-state index in [0.717, 1.165) is 6.42 Å². The summed E-state index contributed by atoms with van der Waals surface area (Å²) < 4.78 is 15.6. The summed E-state index contributed by atoms with van der Waals surface area (Å²) in [6.45, 7) is 1.38. The van der Waals surface area contributed by atoms with E-state index in [1.54, 1.807) is 0 Å². The predicted octanol–water partition coefficient (Wildman–Crippen LogP) is 0.804. The maximum Gasteiger partial charge on any atom is 0.306 e. The number of carbonyl (C=O) groups excluding carboxylic acids is 2. The average molecular weight is 228 g/mol. The zero-order chi connectivity index (χ0) is 11.4. The molecule has 2 aliphatic rings. The lowest BCUT2D eigenvalue weighted by Gasteiger charge is -2.23. The van der Waals surface area contributed by atoms with Crippen LogP contribution in [0.25, 0.3) is 0 Å². The fourth-order valence-electron chi connectivity index (χ4n) is 1.88. The van der Waals surface area contributed by atoms with Crippen molar-refractivity contribution in [2.45, 2.75) is 44.5 Å². The van der Waals surface area contributed by atoms with Crippen molar-refractivity contribution in [2.75, 3.05) is 13.2 Å². The van der Waals surface area contributed by atoms with Gasteiger partial charge < -0.3 is 14.2 Å². The second-order valence-electron chi connectivity index (χ2n) is 4.05. The Labute approximate surface area is 94.0 Å². The Hall–Kier alpha value is -0.940. The molecule has 0 N–H and O–H groups in total. The van der Waals surface area contributed by atoms with Crippen molar-refractivity contribution in [3.8, 4) is 0 Å². The molecule has 0 spiro atoms. The van der Waals surface area contributed by atoms with Gasteiger partial charge in [-0.2, -0.15) is 0 Å². The van der Waals surface area contributed by atoms with Crippen LogP contribution in [0, 0.1) is 0 Å². The van der Waals surface area contributed by atoms with Gasteiger partial charge in [0.15, 0.2) is 18.2 Å². The highest BCUT2D eigenvalue weighted by Crippen LogP contribution is 2.18. The van der Waals surface area contributed by atoms with Gasteiger partial charge in [-0.25, -0.2) is 0 Å². The molecule has 0 radical (unpaired) electrons. The van der Waals surface area contributed by atoms with Crippen LogP contribution in [-0.4, -0.2) is 37.4 Å². The minimum Gasteiger partial charge on any atom is -0.454 e. The van der Waals surface area contributed by atoms with Crippen LogP contribution in [0.15, 0.2) is 0 Å². The number of rotatable bonds is 4. The predicted molar refractivity (Wildman–Crippen MR) is 53.7 cm³/mol. The van der Waals surface area contributed by atoms with Crippen LogP contribution in [0.4, 0.5) is 0 Å². The lowest BCUT2D eigenvalue weighted by molar-refractivity contribution is -0.182. The molecule has 16 heavy (non-hydrogen) atoms. The average Bonchev–Trinajstić information content (AvgIpc) is 2.74. The van der Waals surface area contributed by atoms with Crippen LogP contribution in [0.3, 0.4) is 0 Å². The van der Waals surface area contributed by atoms with Gasteiger partial charge in [0, 0.05) is 25.7 Å². The molecule has 0 bridgehead atoms. The molecule has 5 nitrogen and oxygen atoms in total. The molecule has 0 aromatic heterocycles. The molecule has 2 rings (SSSR count). The smallest absolute Gasteiger partial charge is 0.306 e. The van der Waals surface area contributed by atoms with E-state index < -0.39 is 6.10 Å². The van der Waals surface area contributed by atoms with Gasteiger partial charge in [0.25, 0.3) is 0 Å². The van der Waals surface area contributed by atoms with E-state index in [2.05, 4.69) is 0 Å². The molecular formula is C11H16O5. The number of hydrogen-bond donors (Lipinski definition) is 0. The van der Waals surface area contributed by atoms with Crippen LogP contribution in [-0.2, 0) is 23.8 Å². The normalized spacial score (nSPS) is 26.8. The van der Waals surface area contributed by atoms with Crippen molar-refractivity contribution in [3.63, 3.8) is 0 Å². The molecule has 0 aliphatic carbocycles. The molecule has 0 aromatic carbocycles. The van der Waals surface area contributed by atoms with Crippen LogP contribution in [0.5, 0.6) is 0 Å². The molecule has 2 fully saturated rings. The van der Waals surface area contributed by atoms with E-state index in [9.17, 15) is 9.59 Å². The second kappa shape index (κ2) is 5.41. The monoisotopic (exact) mass is 228 g/mol. The maximum atomic E-state index is 11.6. The van der Waals surface area contributed by atoms with Crippen LogP contribution in [0.2, 0.25) is 0 Å². The van der Waals surface area contributed by atoms with Gasteiger partial charge in [-0.05, 0) is 6.42 Å². The maximum absolute atomic E-state index is 11.6. The van der Waals surface area contributed by atoms with E-state index >= 15 is 0 Å². The quantitative estimate of drug-likeness (QED) is 0.666. The van der Waals surface area contributed by atoms with E-state index in [-0.39, 0.29) is 18.0 Å². The summed E-state index contributed by atoms with van der Waals surface area (Å²) in [5, 5.41) is 0. The van der Waals surface area contributed by atoms with E-state index in [0.29, 0.717) is 38.9 Å². The number of Topliss-reactive ketones (excluding diaryl/α,β-unsaturated/α-hetero) is 1. The lowest BCUT2D eigenvalue weighted by Crippen LogP contribution is -2.27. The molecule has 90 valence electrons. The molecule has 0 amide bonds. The summed E-state index contributed by atoms with van der Waals surface area (Å²) in [4.78, 5) is 22.5. The van der Waals surface area contributed by atoms with Gasteiger partial charge in [-0.15, -0.1) is 0 Å². The zero-order valence-electron chi connectivity index (χ0n) is 9.15. The Morgan fingerprint density at radius 3 is 2.69 bits per heavy atom. The van der Waals surface area contributed by atoms with Crippen molar-refractivity contribution in [1.82, 2.24) is 0 Å². The highest BCUT2D eigenvalue weighted by molar-refractivity contribution is 5.87. The summed E-state index contributed by atoms with van der Waals surface area (Å²) in [6, 6.07) is 0. The van der Waals surface area contributed by atoms with Crippen LogP contribution in [0.1, 0.15) is 32.1 Å². The number of cyclic esters (lactones) is 1. The number of ether oxygens (including phenoxy) is 3. The molecular weight excluding hydrogens is 212 g/mol. The van der Waals surface area contributed by atoms with E-state index in [1.807, 2.05) is 0 Å². The third kappa shape index (κ3) is 3.02. The van der Waals surface area contributed by atoms with Gasteiger partial charge in [0.05, 0.1) is 13.2 Å². The molecule has 2 aliphatic heterocycles. The molecule has 0 unspecified atom stereocenters. The summed E-state index contributed by atoms with van der Waals surface area (Å²) in [7, 11) is 0. The Bertz CT molecular complexity index is 270. The van der Waals surface area contributed by atoms with E-state index in [4.69, 9.17) is 14.2 Å². The minimum absolute atomic E-state index is 0.0244. The van der Waals surface area contributed by atoms with Gasteiger partial charge in [0.1, 0.15) is 0 Å². The van der Waals surface area contributed by atoms with Crippen molar-refractivity contribution in [2.24, 2.45) is 0 Å². The molecule has 2 saturated heterocycles. The Morgan fingerprint density at radius 1 is 1.31 bits per heavy atom. The number of hydrogen-bond acceptors (Lipinski definition) is 5. The Balaban J connectivity index is 1.68. The number of esters is 1. The Morgan fingerprint density at radius 2 is 2.06 bits per heavy atom. The topological polar surface area (TPSA) is 61.8 Å². The van der Waals surface area contributed by atoms with Gasteiger partial charge in [0.2, 0.25) is 0 Å². The van der Waals surface area contributed by atoms with Crippen molar-refractivity contribution in [3.05, 3.63) is 0 Å². The van der Waals surface area contributed by atoms with E-state index in [1.165, 1.54) is 0 Å². The highest BCUT2D eigenvalue weighted by atomic mass is 16.7. The largest absolute Gasteiger partial charge is 0.454 e. The van der Waals surface area contributed by atoms with Crippen molar-refractivity contribution in [1.29, 1.82) is 0 Å². The fraction of sp³-hybridized carbons (Fsp3) is 0.818. The first kappa shape index (κ1) is 11.5. The van der Waals surface area contributed by atoms with Gasteiger partial charge in [-0.3, -0.25) is 9.59 Å². The molecule has 5 heteroatoms. The minimum atomic E-state index is -0.531. The first-order chi connectivity index (χ1) is 7.75. The number of carbonyl (C=O) groups is 2. The zero-order valence-corrected chi connectivity index (χ0v) is 9.15. The third-order valence-corrected chi connectivity index (χ3v) is 2.77. The second-order valence-corrected chi connectivity index (χ2v) is 4.05. The SMILES string of the molecule is O=C1CC[C@H](C(=O)CCC2OCCCO2)O1. The summed E-state index contributed by atoms with van der Waals surface area (Å²) in [5.74, 6) is -0.299. The highest BCUT2D eigenvalue weighted by Gasteiger charge is 2.29. The fourth-order valence-corrected chi connectivity index (χ4v) is 1.88. The van der Waals surface area contributed by atoms with Crippen molar-refractivity contribution < 1.29 is 23.8 Å². The number of ketones is 1.